The van der Waals surface area contributed by atoms with Gasteiger partial charge in [-0.1, -0.05) is 18.1 Å². The number of anilines is 2. The van der Waals surface area contributed by atoms with Crippen molar-refractivity contribution in [3.63, 3.8) is 0 Å². The molecule has 2 aromatic carbocycles. The Hall–Kier alpha value is -6.11. The van der Waals surface area contributed by atoms with E-state index < -0.39 is 17.6 Å². The van der Waals surface area contributed by atoms with Crippen LogP contribution in [0.15, 0.2) is 79.3 Å². The molecule has 0 saturated carbocycles. The van der Waals surface area contributed by atoms with Gasteiger partial charge >= 0.3 is 6.18 Å². The van der Waals surface area contributed by atoms with Crippen LogP contribution in [0.3, 0.4) is 0 Å². The van der Waals surface area contributed by atoms with E-state index in [-0.39, 0.29) is 41.1 Å². The molecule has 3 saturated heterocycles. The van der Waals surface area contributed by atoms with Gasteiger partial charge in [0.05, 0.1) is 17.7 Å². The van der Waals surface area contributed by atoms with Crippen molar-refractivity contribution in [2.24, 2.45) is 5.92 Å². The van der Waals surface area contributed by atoms with E-state index in [0.717, 1.165) is 68.6 Å². The summed E-state index contributed by atoms with van der Waals surface area (Å²) in [5.41, 5.74) is 3.28. The zero-order valence-electron chi connectivity index (χ0n) is 32.6. The number of alkyl halides is 3. The van der Waals surface area contributed by atoms with Gasteiger partial charge in [-0.2, -0.15) is 18.3 Å². The third-order valence-corrected chi connectivity index (χ3v) is 11.5. The van der Waals surface area contributed by atoms with Crippen LogP contribution in [-0.2, 0) is 22.3 Å². The van der Waals surface area contributed by atoms with Crippen molar-refractivity contribution in [1.82, 2.24) is 34.7 Å². The molecule has 59 heavy (non-hydrogen) atoms. The molecule has 8 rings (SSSR count). The summed E-state index contributed by atoms with van der Waals surface area (Å²) >= 11 is 0. The van der Waals surface area contributed by atoms with E-state index in [9.17, 15) is 27.6 Å². The number of carbonyl (C=O) groups excluding carboxylic acids is 3. The number of imide groups is 1. The molecule has 15 heteroatoms. The monoisotopic (exact) mass is 803 g/mol. The number of aromatic nitrogens is 4. The Balaban J connectivity index is 0.836. The topological polar surface area (TPSA) is 128 Å². The van der Waals surface area contributed by atoms with Crippen molar-refractivity contribution < 1.29 is 27.6 Å². The van der Waals surface area contributed by atoms with Crippen LogP contribution in [-0.4, -0.2) is 92.9 Å². The average molecular weight is 804 g/mol. The lowest BCUT2D eigenvalue weighted by molar-refractivity contribution is -0.138. The van der Waals surface area contributed by atoms with Crippen LogP contribution >= 0.6 is 0 Å². The molecule has 3 aliphatic rings. The average Bonchev–Trinajstić information content (AvgIpc) is 3.65. The molecule has 1 unspecified atom stereocenters. The minimum absolute atomic E-state index is 0.0600. The third-order valence-electron chi connectivity index (χ3n) is 11.5. The van der Waals surface area contributed by atoms with E-state index >= 15 is 0 Å². The second-order valence-electron chi connectivity index (χ2n) is 15.5. The van der Waals surface area contributed by atoms with Crippen LogP contribution in [0.4, 0.5) is 24.7 Å². The highest BCUT2D eigenvalue weighted by molar-refractivity contribution is 6.04. The fourth-order valence-corrected chi connectivity index (χ4v) is 8.12. The summed E-state index contributed by atoms with van der Waals surface area (Å²) in [6.07, 6.45) is 3.19. The summed E-state index contributed by atoms with van der Waals surface area (Å²) in [4.78, 5) is 52.9. The van der Waals surface area contributed by atoms with E-state index in [4.69, 9.17) is 0 Å². The van der Waals surface area contributed by atoms with Crippen molar-refractivity contribution in [3.8, 4) is 11.8 Å². The van der Waals surface area contributed by atoms with Gasteiger partial charge in [0, 0.05) is 88.0 Å². The highest BCUT2D eigenvalue weighted by Gasteiger charge is 2.35. The summed E-state index contributed by atoms with van der Waals surface area (Å²) in [6.45, 7) is 7.48. The maximum Gasteiger partial charge on any atom is 0.416 e. The molecule has 3 aromatic heterocycles. The lowest BCUT2D eigenvalue weighted by Gasteiger charge is -2.39. The highest BCUT2D eigenvalue weighted by Crippen LogP contribution is 2.35. The molecule has 0 bridgehead atoms. The standard InChI is InChI=1S/C44H44F3N9O3/c1-29-4-5-33(23-31(29)7-9-36-26-49-39-3-2-15-50-56(36)39)42(58)51-35-8-6-34(38(25-35)44(45,46)47)28-54-21-19-53(20-22-54)27-30-13-17-55(18-14-30)40-24-32(12-16-48-40)37-10-11-41(57)52-43(37)59/h2-6,8,12,15-16,23-26,30,37H,10-11,13-14,17-22,27-28H2,1H3,(H,51,58)(H,52,57,59). The van der Waals surface area contributed by atoms with E-state index in [1.54, 1.807) is 47.4 Å². The first-order valence-electron chi connectivity index (χ1n) is 19.9. The van der Waals surface area contributed by atoms with Crippen molar-refractivity contribution >= 4 is 34.9 Å². The van der Waals surface area contributed by atoms with Gasteiger partial charge in [0.25, 0.3) is 5.91 Å². The molecule has 0 aliphatic carbocycles. The number of piperazine rings is 1. The zero-order chi connectivity index (χ0) is 41.1. The van der Waals surface area contributed by atoms with E-state index in [2.05, 4.69) is 52.2 Å². The second-order valence-corrected chi connectivity index (χ2v) is 15.5. The molecule has 5 aromatic rings. The Bertz CT molecular complexity index is 2440. The number of pyridine rings is 1. The number of rotatable bonds is 8. The Kier molecular flexibility index (Phi) is 11.4. The molecule has 12 nitrogen and oxygen atoms in total. The SMILES string of the molecule is Cc1ccc(C(=O)Nc2ccc(CN3CCN(CC4CCN(c5cc(C6CCC(=O)NC6=O)ccn5)CC4)CC3)c(C(F)(F)F)c2)cc1C#Cc1cnc2cccnn12. The van der Waals surface area contributed by atoms with Crippen molar-refractivity contribution in [1.29, 1.82) is 0 Å². The lowest BCUT2D eigenvalue weighted by atomic mass is 9.91. The number of nitrogens with zero attached hydrogens (tertiary/aromatic N) is 7. The van der Waals surface area contributed by atoms with Gasteiger partial charge in [-0.05, 0) is 103 Å². The number of hydrogen-bond acceptors (Lipinski definition) is 9. The summed E-state index contributed by atoms with van der Waals surface area (Å²) in [5, 5.41) is 9.35. The maximum atomic E-state index is 14.4. The zero-order valence-corrected chi connectivity index (χ0v) is 32.6. The molecule has 0 spiro atoms. The number of piperidine rings is 2. The molecule has 3 aliphatic heterocycles. The third kappa shape index (κ3) is 9.29. The first-order valence-corrected chi connectivity index (χ1v) is 19.9. The first-order chi connectivity index (χ1) is 28.5. The number of carbonyl (C=O) groups is 3. The molecule has 3 amide bonds. The number of imidazole rings is 1. The Morgan fingerprint density at radius 2 is 1.69 bits per heavy atom. The molecule has 0 radical (unpaired) electrons. The number of nitrogens with one attached hydrogen (secondary N) is 2. The van der Waals surface area contributed by atoms with Gasteiger partial charge in [-0.15, -0.1) is 0 Å². The van der Waals surface area contributed by atoms with Gasteiger partial charge in [0.15, 0.2) is 5.65 Å². The lowest BCUT2D eigenvalue weighted by Crippen LogP contribution is -2.48. The number of halogens is 3. The molecule has 304 valence electrons. The normalized spacial score (nSPS) is 18.4. The van der Waals surface area contributed by atoms with Crippen LogP contribution in [0.25, 0.3) is 5.65 Å². The van der Waals surface area contributed by atoms with Crippen LogP contribution < -0.4 is 15.5 Å². The molecule has 3 fully saturated rings. The van der Waals surface area contributed by atoms with Gasteiger partial charge in [-0.25, -0.2) is 14.5 Å². The van der Waals surface area contributed by atoms with E-state index in [1.807, 2.05) is 25.1 Å². The largest absolute Gasteiger partial charge is 0.416 e. The smallest absolute Gasteiger partial charge is 0.357 e. The summed E-state index contributed by atoms with van der Waals surface area (Å²) in [6, 6.07) is 16.4. The molecule has 6 heterocycles. The summed E-state index contributed by atoms with van der Waals surface area (Å²) in [5.74, 6) is 6.09. The Labute approximate surface area is 339 Å². The van der Waals surface area contributed by atoms with Crippen molar-refractivity contribution in [2.75, 3.05) is 56.0 Å². The molecular weight excluding hydrogens is 760 g/mol. The number of fused-ring (bicyclic) bond motifs is 1. The minimum Gasteiger partial charge on any atom is -0.357 e. The first kappa shape index (κ1) is 39.7. The number of hydrogen-bond donors (Lipinski definition) is 2. The molecular formula is C44H44F3N9O3. The molecule has 1 atom stereocenters. The van der Waals surface area contributed by atoms with Gasteiger partial charge in [0.1, 0.15) is 11.5 Å². The van der Waals surface area contributed by atoms with Crippen LogP contribution in [0, 0.1) is 24.7 Å². The quantitative estimate of drug-likeness (QED) is 0.151. The van der Waals surface area contributed by atoms with Crippen LogP contribution in [0.2, 0.25) is 0 Å². The Morgan fingerprint density at radius 3 is 2.47 bits per heavy atom. The second kappa shape index (κ2) is 17.0. The predicted octanol–water partition coefficient (Wildman–Crippen LogP) is 5.66. The van der Waals surface area contributed by atoms with Gasteiger partial charge < -0.3 is 15.1 Å². The van der Waals surface area contributed by atoms with Gasteiger partial charge in [0.2, 0.25) is 11.8 Å². The predicted molar refractivity (Wildman–Crippen MR) is 216 cm³/mol. The summed E-state index contributed by atoms with van der Waals surface area (Å²) in [7, 11) is 0. The van der Waals surface area contributed by atoms with Crippen molar-refractivity contribution in [3.05, 3.63) is 118 Å². The minimum atomic E-state index is -4.60. The number of aryl methyl sites for hydroxylation is 1. The summed E-state index contributed by atoms with van der Waals surface area (Å²) < 4.78 is 44.9. The molecule has 2 N–H and O–H groups in total. The fourth-order valence-electron chi connectivity index (χ4n) is 8.12. The van der Waals surface area contributed by atoms with Crippen LogP contribution in [0.1, 0.15) is 75.5 Å². The number of benzene rings is 2. The Morgan fingerprint density at radius 1 is 0.898 bits per heavy atom. The van der Waals surface area contributed by atoms with Crippen LogP contribution in [0.5, 0.6) is 0 Å². The number of amides is 3. The van der Waals surface area contributed by atoms with Gasteiger partial charge in [-0.3, -0.25) is 24.6 Å². The fraction of sp³-hybridized carbons (Fsp3) is 0.364. The van der Waals surface area contributed by atoms with E-state index in [1.165, 1.54) is 12.1 Å². The highest BCUT2D eigenvalue weighted by atomic mass is 19.4. The maximum absolute atomic E-state index is 14.4. The van der Waals surface area contributed by atoms with Crippen molar-refractivity contribution in [2.45, 2.75) is 51.2 Å². The van der Waals surface area contributed by atoms with E-state index in [0.29, 0.717) is 48.8 Å².